The maximum absolute atomic E-state index is 12.0. The first-order valence-corrected chi connectivity index (χ1v) is 7.39. The molecule has 2 aromatic carbocycles. The van der Waals surface area contributed by atoms with Gasteiger partial charge in [0.2, 0.25) is 0 Å². The van der Waals surface area contributed by atoms with Crippen molar-refractivity contribution < 1.29 is 4.79 Å². The van der Waals surface area contributed by atoms with Gasteiger partial charge in [0.1, 0.15) is 0 Å². The van der Waals surface area contributed by atoms with E-state index >= 15 is 0 Å². The van der Waals surface area contributed by atoms with Crippen LogP contribution in [0.25, 0.3) is 6.08 Å². The Morgan fingerprint density at radius 2 is 1.79 bits per heavy atom. The number of rotatable bonds is 1. The van der Waals surface area contributed by atoms with E-state index in [1.807, 2.05) is 54.6 Å². The largest absolute Gasteiger partial charge is 0.320 e. The van der Waals surface area contributed by atoms with Crippen LogP contribution in [-0.2, 0) is 4.79 Å². The topological polar surface area (TPSA) is 29.1 Å². The van der Waals surface area contributed by atoms with Crippen LogP contribution in [0.3, 0.4) is 0 Å². The van der Waals surface area contributed by atoms with Crippen molar-refractivity contribution >= 4 is 45.4 Å². The van der Waals surface area contributed by atoms with Gasteiger partial charge in [0.25, 0.3) is 5.91 Å². The van der Waals surface area contributed by atoms with Crippen molar-refractivity contribution in [2.45, 2.75) is 4.90 Å². The lowest BCUT2D eigenvalue weighted by molar-refractivity contribution is -0.112. The summed E-state index contributed by atoms with van der Waals surface area (Å²) in [5.41, 5.74) is 1.89. The molecule has 3 rings (SSSR count). The molecule has 1 amide bonds. The van der Waals surface area contributed by atoms with E-state index in [1.54, 1.807) is 0 Å². The molecular formula is C15H10BrNOS. The van der Waals surface area contributed by atoms with Crippen LogP contribution in [0, 0.1) is 0 Å². The Balaban J connectivity index is 1.94. The Morgan fingerprint density at radius 3 is 2.58 bits per heavy atom. The molecule has 0 aliphatic carbocycles. The monoisotopic (exact) mass is 331 g/mol. The van der Waals surface area contributed by atoms with Gasteiger partial charge in [0.15, 0.2) is 0 Å². The van der Waals surface area contributed by atoms with E-state index in [4.69, 9.17) is 0 Å². The van der Waals surface area contributed by atoms with E-state index < -0.39 is 0 Å². The molecule has 0 bridgehead atoms. The summed E-state index contributed by atoms with van der Waals surface area (Å²) in [6.45, 7) is 0. The molecule has 0 atom stereocenters. The molecule has 0 spiro atoms. The van der Waals surface area contributed by atoms with Crippen molar-refractivity contribution in [3.05, 3.63) is 63.5 Å². The van der Waals surface area contributed by atoms with Crippen LogP contribution in [0.4, 0.5) is 5.69 Å². The van der Waals surface area contributed by atoms with Gasteiger partial charge in [-0.05, 0) is 35.9 Å². The number of hydrogen-bond acceptors (Lipinski definition) is 2. The van der Waals surface area contributed by atoms with Gasteiger partial charge in [-0.3, -0.25) is 4.79 Å². The molecule has 19 heavy (non-hydrogen) atoms. The van der Waals surface area contributed by atoms with Gasteiger partial charge in [-0.25, -0.2) is 0 Å². The number of carbonyl (C=O) groups is 1. The van der Waals surface area contributed by atoms with E-state index in [1.165, 1.54) is 11.8 Å². The molecule has 1 N–H and O–H groups in total. The van der Waals surface area contributed by atoms with E-state index in [9.17, 15) is 4.79 Å². The predicted octanol–water partition coefficient (Wildman–Crippen LogP) is 4.53. The number of para-hydroxylation sites is 1. The number of hydrogen-bond donors (Lipinski definition) is 1. The quantitative estimate of drug-likeness (QED) is 0.777. The van der Waals surface area contributed by atoms with Crippen LogP contribution in [0.15, 0.2) is 62.8 Å². The fraction of sp³-hybridized carbons (Fsp3) is 0. The molecule has 0 aromatic heterocycles. The molecule has 0 saturated heterocycles. The first-order chi connectivity index (χ1) is 9.22. The third kappa shape index (κ3) is 2.74. The smallest absolute Gasteiger partial charge is 0.262 e. The van der Waals surface area contributed by atoms with E-state index in [-0.39, 0.29) is 5.91 Å². The number of benzene rings is 2. The fourth-order valence-corrected chi connectivity index (χ4v) is 3.03. The number of fused-ring (bicyclic) bond motifs is 1. The third-order valence-corrected chi connectivity index (χ3v) is 4.37. The highest BCUT2D eigenvalue weighted by Gasteiger charge is 2.20. The Labute approximate surface area is 124 Å². The molecule has 0 radical (unpaired) electrons. The molecule has 1 aliphatic heterocycles. The number of carbonyl (C=O) groups excluding carboxylic acids is 1. The zero-order valence-corrected chi connectivity index (χ0v) is 12.3. The number of anilines is 1. The van der Waals surface area contributed by atoms with Crippen molar-refractivity contribution in [3.8, 4) is 0 Å². The molecule has 2 nitrogen and oxygen atoms in total. The van der Waals surface area contributed by atoms with E-state index in [0.29, 0.717) is 4.91 Å². The van der Waals surface area contributed by atoms with Crippen molar-refractivity contribution in [2.75, 3.05) is 5.32 Å². The number of amides is 1. The molecule has 0 fully saturated rings. The molecule has 0 saturated carbocycles. The van der Waals surface area contributed by atoms with Crippen LogP contribution in [0.2, 0.25) is 0 Å². The van der Waals surface area contributed by atoms with Crippen molar-refractivity contribution in [2.24, 2.45) is 0 Å². The summed E-state index contributed by atoms with van der Waals surface area (Å²) in [4.78, 5) is 13.8. The van der Waals surface area contributed by atoms with E-state index in [2.05, 4.69) is 21.2 Å². The molecule has 1 heterocycles. The predicted molar refractivity (Wildman–Crippen MR) is 83.0 cm³/mol. The van der Waals surface area contributed by atoms with Gasteiger partial charge in [-0.1, -0.05) is 52.0 Å². The molecule has 0 unspecified atom stereocenters. The summed E-state index contributed by atoms with van der Waals surface area (Å²) in [5, 5.41) is 2.90. The van der Waals surface area contributed by atoms with Gasteiger partial charge in [0, 0.05) is 9.37 Å². The van der Waals surface area contributed by atoms with Crippen LogP contribution in [0.5, 0.6) is 0 Å². The van der Waals surface area contributed by atoms with Crippen LogP contribution >= 0.6 is 27.7 Å². The van der Waals surface area contributed by atoms with Gasteiger partial charge in [-0.15, -0.1) is 0 Å². The average Bonchev–Trinajstić information content (AvgIpc) is 2.42. The van der Waals surface area contributed by atoms with Crippen LogP contribution in [-0.4, -0.2) is 5.91 Å². The fourth-order valence-electron chi connectivity index (χ4n) is 1.81. The standard InChI is InChI=1S/C15H10BrNOS/c16-11-7-5-10(6-8-11)9-14-15(18)17-12-3-1-2-4-13(12)19-14/h1-9H,(H,17,18). The van der Waals surface area contributed by atoms with Crippen molar-refractivity contribution in [1.29, 1.82) is 0 Å². The second-order valence-electron chi connectivity index (χ2n) is 4.11. The molecular weight excluding hydrogens is 322 g/mol. The molecule has 2 aromatic rings. The van der Waals surface area contributed by atoms with Crippen LogP contribution in [0.1, 0.15) is 5.56 Å². The second kappa shape index (κ2) is 5.23. The molecule has 1 aliphatic rings. The zero-order valence-electron chi connectivity index (χ0n) is 9.89. The minimum absolute atomic E-state index is 0.0494. The molecule has 94 valence electrons. The van der Waals surface area contributed by atoms with Crippen molar-refractivity contribution in [1.82, 2.24) is 0 Å². The maximum atomic E-state index is 12.0. The SMILES string of the molecule is O=C1Nc2ccccc2SC1=Cc1ccc(Br)cc1. The highest BCUT2D eigenvalue weighted by Crippen LogP contribution is 2.38. The Bertz CT molecular complexity index is 664. The summed E-state index contributed by atoms with van der Waals surface area (Å²) in [6, 6.07) is 15.7. The Kier molecular flexibility index (Phi) is 3.44. The van der Waals surface area contributed by atoms with Gasteiger partial charge < -0.3 is 5.32 Å². The number of halogens is 1. The number of thioether (sulfide) groups is 1. The first kappa shape index (κ1) is 12.5. The lowest BCUT2D eigenvalue weighted by atomic mass is 10.2. The summed E-state index contributed by atoms with van der Waals surface area (Å²) in [6.07, 6.45) is 1.91. The lowest BCUT2D eigenvalue weighted by Crippen LogP contribution is -2.16. The summed E-state index contributed by atoms with van der Waals surface area (Å²) in [5.74, 6) is -0.0494. The average molecular weight is 332 g/mol. The normalized spacial score (nSPS) is 16.1. The van der Waals surface area contributed by atoms with Crippen LogP contribution < -0.4 is 5.32 Å². The lowest BCUT2D eigenvalue weighted by Gasteiger charge is -2.18. The van der Waals surface area contributed by atoms with Gasteiger partial charge in [-0.2, -0.15) is 0 Å². The summed E-state index contributed by atoms with van der Waals surface area (Å²) < 4.78 is 1.03. The minimum atomic E-state index is -0.0494. The zero-order chi connectivity index (χ0) is 13.2. The number of nitrogens with one attached hydrogen (secondary N) is 1. The summed E-state index contributed by atoms with van der Waals surface area (Å²) >= 11 is 4.90. The summed E-state index contributed by atoms with van der Waals surface area (Å²) in [7, 11) is 0. The first-order valence-electron chi connectivity index (χ1n) is 5.78. The molecule has 4 heteroatoms. The highest BCUT2D eigenvalue weighted by atomic mass is 79.9. The minimum Gasteiger partial charge on any atom is -0.320 e. The Morgan fingerprint density at radius 1 is 1.05 bits per heavy atom. The Hall–Kier alpha value is -1.52. The third-order valence-electron chi connectivity index (χ3n) is 2.75. The highest BCUT2D eigenvalue weighted by molar-refractivity contribution is 9.10. The van der Waals surface area contributed by atoms with E-state index in [0.717, 1.165) is 20.6 Å². The second-order valence-corrected chi connectivity index (χ2v) is 6.11. The van der Waals surface area contributed by atoms with Gasteiger partial charge in [0.05, 0.1) is 10.6 Å². The van der Waals surface area contributed by atoms with Crippen molar-refractivity contribution in [3.63, 3.8) is 0 Å². The maximum Gasteiger partial charge on any atom is 0.262 e. The van der Waals surface area contributed by atoms with Gasteiger partial charge >= 0.3 is 0 Å².